The average molecular weight is 691 g/mol. The monoisotopic (exact) mass is 691 g/mol. The summed E-state index contributed by atoms with van der Waals surface area (Å²) in [6.45, 7) is 3.70. The molecule has 0 unspecified atom stereocenters. The lowest BCUT2D eigenvalue weighted by atomic mass is 10.0. The van der Waals surface area contributed by atoms with Gasteiger partial charge in [0.2, 0.25) is 0 Å². The van der Waals surface area contributed by atoms with Crippen molar-refractivity contribution < 1.29 is 37.9 Å². The first-order chi connectivity index (χ1) is 22.8. The summed E-state index contributed by atoms with van der Waals surface area (Å²) in [5.41, 5.74) is 0. The number of ether oxygens (including phenoxy) is 2. The maximum absolute atomic E-state index is 12.4. The Morgan fingerprint density at radius 2 is 0.766 bits per heavy atom. The molecule has 0 saturated heterocycles. The summed E-state index contributed by atoms with van der Waals surface area (Å²) < 4.78 is 26.3. The summed E-state index contributed by atoms with van der Waals surface area (Å²) in [6, 6.07) is 0. The van der Waals surface area contributed by atoms with Gasteiger partial charge in [0.25, 0.3) is 0 Å². The Kier molecular flexibility index (Phi) is 34.2. The number of hydrogen-bond acceptors (Lipinski definition) is 6. The van der Waals surface area contributed by atoms with E-state index in [1.165, 1.54) is 148 Å². The number of hydrogen-bond donors (Lipinski definition) is 2. The topological polar surface area (TPSA) is 119 Å². The molecule has 0 aromatic rings. The van der Waals surface area contributed by atoms with Gasteiger partial charge in [-0.15, -0.1) is 0 Å². The molecule has 9 heteroatoms. The number of rotatable bonds is 37. The fourth-order valence-corrected chi connectivity index (χ4v) is 6.26. The van der Waals surface area contributed by atoms with Gasteiger partial charge in [-0.05, 0) is 12.8 Å². The van der Waals surface area contributed by atoms with Crippen LogP contribution in [0.5, 0.6) is 0 Å². The molecular formula is C38H75O8P. The van der Waals surface area contributed by atoms with Gasteiger partial charge in [-0.1, -0.05) is 187 Å². The molecule has 0 spiro atoms. The summed E-state index contributed by atoms with van der Waals surface area (Å²) in [4.78, 5) is 42.7. The van der Waals surface area contributed by atoms with Crippen LogP contribution in [0, 0.1) is 0 Å². The molecule has 1 atom stereocenters. The van der Waals surface area contributed by atoms with E-state index in [1.807, 2.05) is 0 Å². The van der Waals surface area contributed by atoms with Crippen molar-refractivity contribution in [2.45, 2.75) is 219 Å². The van der Waals surface area contributed by atoms with Crippen LogP contribution >= 0.6 is 7.82 Å². The first-order valence-corrected chi connectivity index (χ1v) is 21.4. The molecule has 0 radical (unpaired) electrons. The first kappa shape index (κ1) is 46.0. The van der Waals surface area contributed by atoms with E-state index in [-0.39, 0.29) is 19.4 Å². The largest absolute Gasteiger partial charge is 0.469 e. The van der Waals surface area contributed by atoms with Gasteiger partial charge in [0.05, 0.1) is 6.61 Å². The van der Waals surface area contributed by atoms with Gasteiger partial charge in [-0.2, -0.15) is 0 Å². The number of carbonyl (C=O) groups excluding carboxylic acids is 2. The molecule has 0 bridgehead atoms. The van der Waals surface area contributed by atoms with Crippen LogP contribution in [-0.4, -0.2) is 41.0 Å². The number of phosphoric acid groups is 1. The van der Waals surface area contributed by atoms with E-state index in [1.54, 1.807) is 0 Å². The van der Waals surface area contributed by atoms with Gasteiger partial charge in [0.15, 0.2) is 6.10 Å². The molecule has 0 aliphatic heterocycles. The van der Waals surface area contributed by atoms with Crippen molar-refractivity contribution in [1.29, 1.82) is 0 Å². The SMILES string of the molecule is CCCCCCCCCCCCCCCCCCC(=O)O[C@H](COC(=O)CCCCCCCCCCCCCCC)COP(=O)(O)O. The number of unbranched alkanes of at least 4 members (excludes halogenated alkanes) is 27. The number of esters is 2. The smallest absolute Gasteiger partial charge is 0.462 e. The van der Waals surface area contributed by atoms with Crippen molar-refractivity contribution in [2.75, 3.05) is 13.2 Å². The van der Waals surface area contributed by atoms with Crippen LogP contribution in [0.25, 0.3) is 0 Å². The standard InChI is InChI=1S/C38H75O8P/c1-3-5-7-9-11-13-15-17-18-19-21-23-25-27-29-31-33-38(40)46-36(35-45-47(41,42)43)34-44-37(39)32-30-28-26-24-22-20-16-14-12-10-8-6-4-2/h36H,3-35H2,1-2H3,(H2,41,42,43)/t36-/m1/s1. The van der Waals surface area contributed by atoms with E-state index < -0.39 is 32.5 Å². The van der Waals surface area contributed by atoms with E-state index in [9.17, 15) is 14.2 Å². The van der Waals surface area contributed by atoms with E-state index in [2.05, 4.69) is 18.4 Å². The summed E-state index contributed by atoms with van der Waals surface area (Å²) in [6.07, 6.45) is 35.3. The Morgan fingerprint density at radius 3 is 1.09 bits per heavy atom. The molecule has 0 heterocycles. The maximum atomic E-state index is 12.4. The van der Waals surface area contributed by atoms with Crippen LogP contribution < -0.4 is 0 Å². The zero-order valence-electron chi connectivity index (χ0n) is 30.7. The number of phosphoric ester groups is 1. The highest BCUT2D eigenvalue weighted by Crippen LogP contribution is 2.36. The first-order valence-electron chi connectivity index (χ1n) is 19.8. The Hall–Kier alpha value is -0.950. The molecule has 0 fully saturated rings. The Labute approximate surface area is 289 Å². The summed E-state index contributed by atoms with van der Waals surface area (Å²) in [5.74, 6) is -0.870. The van der Waals surface area contributed by atoms with Crippen LogP contribution in [0.3, 0.4) is 0 Å². The third-order valence-corrected chi connectivity index (χ3v) is 9.36. The van der Waals surface area contributed by atoms with Gasteiger partial charge < -0.3 is 19.3 Å². The highest BCUT2D eigenvalue weighted by atomic mass is 31.2. The number of carbonyl (C=O) groups is 2. The van der Waals surface area contributed by atoms with Gasteiger partial charge in [0, 0.05) is 12.8 Å². The van der Waals surface area contributed by atoms with Gasteiger partial charge in [-0.3, -0.25) is 14.1 Å². The second-order valence-corrected chi connectivity index (χ2v) is 14.9. The highest BCUT2D eigenvalue weighted by molar-refractivity contribution is 7.46. The van der Waals surface area contributed by atoms with E-state index in [0.717, 1.165) is 32.1 Å². The average Bonchev–Trinajstić information content (AvgIpc) is 3.03. The van der Waals surface area contributed by atoms with E-state index >= 15 is 0 Å². The van der Waals surface area contributed by atoms with Gasteiger partial charge in [-0.25, -0.2) is 4.57 Å². The lowest BCUT2D eigenvalue weighted by Gasteiger charge is -2.18. The molecule has 0 aliphatic rings. The van der Waals surface area contributed by atoms with Gasteiger partial charge >= 0.3 is 19.8 Å². The lowest BCUT2D eigenvalue weighted by Crippen LogP contribution is -2.29. The molecule has 0 aliphatic carbocycles. The summed E-state index contributed by atoms with van der Waals surface area (Å²) in [7, 11) is -4.74. The van der Waals surface area contributed by atoms with Crippen molar-refractivity contribution >= 4 is 19.8 Å². The lowest BCUT2D eigenvalue weighted by molar-refractivity contribution is -0.161. The van der Waals surface area contributed by atoms with Crippen molar-refractivity contribution in [1.82, 2.24) is 0 Å². The third-order valence-electron chi connectivity index (χ3n) is 8.88. The minimum atomic E-state index is -4.74. The van der Waals surface area contributed by atoms with Crippen molar-refractivity contribution in [2.24, 2.45) is 0 Å². The van der Waals surface area contributed by atoms with Crippen molar-refractivity contribution in [3.8, 4) is 0 Å². The fraction of sp³-hybridized carbons (Fsp3) is 0.947. The Morgan fingerprint density at radius 1 is 0.468 bits per heavy atom. The van der Waals surface area contributed by atoms with Crippen LogP contribution in [-0.2, 0) is 28.2 Å². The molecule has 0 aromatic carbocycles. The van der Waals surface area contributed by atoms with Crippen LogP contribution in [0.2, 0.25) is 0 Å². The second-order valence-electron chi connectivity index (χ2n) is 13.6. The normalized spacial score (nSPS) is 12.3. The molecule has 47 heavy (non-hydrogen) atoms. The second kappa shape index (κ2) is 34.9. The molecular weight excluding hydrogens is 615 g/mol. The molecule has 0 rings (SSSR count). The minimum Gasteiger partial charge on any atom is -0.462 e. The molecule has 280 valence electrons. The highest BCUT2D eigenvalue weighted by Gasteiger charge is 2.22. The molecule has 8 nitrogen and oxygen atoms in total. The summed E-state index contributed by atoms with van der Waals surface area (Å²) in [5, 5.41) is 0. The quantitative estimate of drug-likeness (QED) is 0.0375. The molecule has 2 N–H and O–H groups in total. The third kappa shape index (κ3) is 37.7. The van der Waals surface area contributed by atoms with Crippen molar-refractivity contribution in [3.63, 3.8) is 0 Å². The minimum absolute atomic E-state index is 0.220. The molecule has 0 saturated carbocycles. The maximum Gasteiger partial charge on any atom is 0.469 e. The Balaban J connectivity index is 3.89. The predicted molar refractivity (Wildman–Crippen MR) is 193 cm³/mol. The van der Waals surface area contributed by atoms with Gasteiger partial charge in [0.1, 0.15) is 6.61 Å². The zero-order chi connectivity index (χ0) is 34.7. The van der Waals surface area contributed by atoms with E-state index in [0.29, 0.717) is 6.42 Å². The molecule has 0 aromatic heterocycles. The van der Waals surface area contributed by atoms with Crippen molar-refractivity contribution in [3.05, 3.63) is 0 Å². The van der Waals surface area contributed by atoms with Crippen LogP contribution in [0.15, 0.2) is 0 Å². The zero-order valence-corrected chi connectivity index (χ0v) is 31.6. The summed E-state index contributed by atoms with van der Waals surface area (Å²) >= 11 is 0. The van der Waals surface area contributed by atoms with E-state index in [4.69, 9.17) is 19.3 Å². The van der Waals surface area contributed by atoms with Crippen LogP contribution in [0.1, 0.15) is 213 Å². The Bertz CT molecular complexity index is 741. The molecule has 0 amide bonds. The predicted octanol–water partition coefficient (Wildman–Crippen LogP) is 11.7. The van der Waals surface area contributed by atoms with Crippen LogP contribution in [0.4, 0.5) is 0 Å². The fourth-order valence-electron chi connectivity index (χ4n) is 5.90.